The first-order valence-corrected chi connectivity index (χ1v) is 7.08. The summed E-state index contributed by atoms with van der Waals surface area (Å²) in [6.45, 7) is 0.552. The van der Waals surface area contributed by atoms with Crippen LogP contribution in [0.2, 0.25) is 0 Å². The van der Waals surface area contributed by atoms with E-state index in [1.807, 2.05) is 42.5 Å². The fourth-order valence-corrected chi connectivity index (χ4v) is 2.06. The molecule has 2 aromatic carbocycles. The lowest BCUT2D eigenvalue weighted by molar-refractivity contribution is 0.258. The number of nitrogens with one attached hydrogen (secondary N) is 1. The molecule has 2 rings (SSSR count). The first-order chi connectivity index (χ1) is 10.3. The second-order valence-corrected chi connectivity index (χ2v) is 4.87. The first-order valence-electron chi connectivity index (χ1n) is 7.08. The van der Waals surface area contributed by atoms with Gasteiger partial charge in [-0.25, -0.2) is 0 Å². The molecule has 1 atom stereocenters. The number of aryl methyl sites for hydroxylation is 1. The molecule has 0 bridgehead atoms. The monoisotopic (exact) mass is 286 g/mol. The molecule has 0 saturated carbocycles. The Morgan fingerprint density at radius 1 is 1.00 bits per heavy atom. The molecule has 0 aliphatic carbocycles. The van der Waals surface area contributed by atoms with E-state index in [4.69, 9.17) is 15.3 Å². The number of para-hydroxylation sites is 1. The maximum atomic E-state index is 5.72. The second kappa shape index (κ2) is 8.29. The molecule has 4 nitrogen and oxygen atoms in total. The van der Waals surface area contributed by atoms with Crippen molar-refractivity contribution < 1.29 is 9.47 Å². The van der Waals surface area contributed by atoms with E-state index in [0.29, 0.717) is 6.61 Å². The standard InChI is InChI=1S/C17H22N2O2/c1-20-16-11-8-14(9-12-16)7-10-15(19-18)13-21-17-5-3-2-4-6-17/h2-6,8-9,11-12,15,19H,7,10,13,18H2,1H3. The molecule has 0 fully saturated rings. The number of nitrogens with two attached hydrogens (primary N) is 1. The summed E-state index contributed by atoms with van der Waals surface area (Å²) in [6.07, 6.45) is 1.85. The number of ether oxygens (including phenoxy) is 2. The van der Waals surface area contributed by atoms with Crippen molar-refractivity contribution in [3.8, 4) is 11.5 Å². The summed E-state index contributed by atoms with van der Waals surface area (Å²) in [5.74, 6) is 7.33. The molecule has 2 aromatic rings. The van der Waals surface area contributed by atoms with Crippen molar-refractivity contribution in [2.45, 2.75) is 18.9 Å². The zero-order valence-electron chi connectivity index (χ0n) is 12.3. The van der Waals surface area contributed by atoms with Gasteiger partial charge in [0.2, 0.25) is 0 Å². The summed E-state index contributed by atoms with van der Waals surface area (Å²) in [5.41, 5.74) is 4.08. The molecule has 0 radical (unpaired) electrons. The highest BCUT2D eigenvalue weighted by molar-refractivity contribution is 5.27. The smallest absolute Gasteiger partial charge is 0.119 e. The predicted molar refractivity (Wildman–Crippen MR) is 84.4 cm³/mol. The SMILES string of the molecule is COc1ccc(CCC(COc2ccccc2)NN)cc1. The minimum absolute atomic E-state index is 0.118. The summed E-state index contributed by atoms with van der Waals surface area (Å²) in [7, 11) is 1.67. The van der Waals surface area contributed by atoms with Gasteiger partial charge in [0.1, 0.15) is 18.1 Å². The van der Waals surface area contributed by atoms with E-state index in [2.05, 4.69) is 17.6 Å². The lowest BCUT2D eigenvalue weighted by Crippen LogP contribution is -2.39. The highest BCUT2D eigenvalue weighted by atomic mass is 16.5. The average molecular weight is 286 g/mol. The molecule has 21 heavy (non-hydrogen) atoms. The number of rotatable bonds is 8. The van der Waals surface area contributed by atoms with E-state index < -0.39 is 0 Å². The maximum Gasteiger partial charge on any atom is 0.119 e. The topological polar surface area (TPSA) is 56.5 Å². The summed E-state index contributed by atoms with van der Waals surface area (Å²) >= 11 is 0. The third-order valence-corrected chi connectivity index (χ3v) is 3.37. The largest absolute Gasteiger partial charge is 0.497 e. The van der Waals surface area contributed by atoms with Crippen molar-refractivity contribution >= 4 is 0 Å². The molecule has 0 aromatic heterocycles. The van der Waals surface area contributed by atoms with Gasteiger partial charge in [0, 0.05) is 0 Å². The van der Waals surface area contributed by atoms with E-state index in [-0.39, 0.29) is 6.04 Å². The fraction of sp³-hybridized carbons (Fsp3) is 0.294. The average Bonchev–Trinajstić information content (AvgIpc) is 2.56. The zero-order valence-corrected chi connectivity index (χ0v) is 12.3. The Morgan fingerprint density at radius 3 is 2.33 bits per heavy atom. The fourth-order valence-electron chi connectivity index (χ4n) is 2.06. The van der Waals surface area contributed by atoms with Gasteiger partial charge >= 0.3 is 0 Å². The Morgan fingerprint density at radius 2 is 1.71 bits per heavy atom. The van der Waals surface area contributed by atoms with Crippen molar-refractivity contribution in [2.75, 3.05) is 13.7 Å². The van der Waals surface area contributed by atoms with E-state index in [9.17, 15) is 0 Å². The molecular formula is C17H22N2O2. The summed E-state index contributed by atoms with van der Waals surface area (Å²) in [4.78, 5) is 0. The van der Waals surface area contributed by atoms with Gasteiger partial charge in [0.25, 0.3) is 0 Å². The van der Waals surface area contributed by atoms with Gasteiger partial charge in [-0.1, -0.05) is 30.3 Å². The van der Waals surface area contributed by atoms with Crippen LogP contribution in [0.5, 0.6) is 11.5 Å². The van der Waals surface area contributed by atoms with Crippen molar-refractivity contribution in [1.29, 1.82) is 0 Å². The summed E-state index contributed by atoms with van der Waals surface area (Å²) in [5, 5.41) is 0. The Balaban J connectivity index is 1.79. The Hall–Kier alpha value is -2.04. The highest BCUT2D eigenvalue weighted by Crippen LogP contribution is 2.14. The van der Waals surface area contributed by atoms with Crippen molar-refractivity contribution in [3.63, 3.8) is 0 Å². The zero-order chi connectivity index (χ0) is 14.9. The van der Waals surface area contributed by atoms with Gasteiger partial charge in [-0.2, -0.15) is 0 Å². The number of hydrogen-bond acceptors (Lipinski definition) is 4. The van der Waals surface area contributed by atoms with E-state index in [1.54, 1.807) is 7.11 Å². The third kappa shape index (κ3) is 5.10. The Labute approximate surface area is 125 Å². The number of hydrazine groups is 1. The molecule has 1 unspecified atom stereocenters. The molecule has 0 aliphatic rings. The van der Waals surface area contributed by atoms with Gasteiger partial charge in [0.15, 0.2) is 0 Å². The third-order valence-electron chi connectivity index (χ3n) is 3.37. The van der Waals surface area contributed by atoms with Gasteiger partial charge in [0.05, 0.1) is 13.2 Å². The van der Waals surface area contributed by atoms with E-state index in [1.165, 1.54) is 5.56 Å². The predicted octanol–water partition coefficient (Wildman–Crippen LogP) is 2.54. The van der Waals surface area contributed by atoms with Crippen LogP contribution >= 0.6 is 0 Å². The summed E-state index contributed by atoms with van der Waals surface area (Å²) in [6, 6.07) is 18.0. The number of methoxy groups -OCH3 is 1. The van der Waals surface area contributed by atoms with Crippen LogP contribution in [-0.4, -0.2) is 19.8 Å². The summed E-state index contributed by atoms with van der Waals surface area (Å²) < 4.78 is 10.9. The lowest BCUT2D eigenvalue weighted by atomic mass is 10.1. The van der Waals surface area contributed by atoms with E-state index in [0.717, 1.165) is 24.3 Å². The van der Waals surface area contributed by atoms with Crippen molar-refractivity contribution in [3.05, 3.63) is 60.2 Å². The highest BCUT2D eigenvalue weighted by Gasteiger charge is 2.08. The second-order valence-electron chi connectivity index (χ2n) is 4.87. The number of benzene rings is 2. The van der Waals surface area contributed by atoms with Gasteiger partial charge < -0.3 is 9.47 Å². The molecule has 3 N–H and O–H groups in total. The molecule has 0 saturated heterocycles. The molecule has 0 spiro atoms. The molecule has 0 amide bonds. The minimum atomic E-state index is 0.118. The van der Waals surface area contributed by atoms with Gasteiger partial charge in [-0.05, 0) is 42.7 Å². The van der Waals surface area contributed by atoms with Crippen LogP contribution in [0.3, 0.4) is 0 Å². The van der Waals surface area contributed by atoms with Crippen LogP contribution < -0.4 is 20.7 Å². The maximum absolute atomic E-state index is 5.72. The van der Waals surface area contributed by atoms with Crippen LogP contribution in [0.4, 0.5) is 0 Å². The Bertz CT molecular complexity index is 514. The van der Waals surface area contributed by atoms with Crippen molar-refractivity contribution in [2.24, 2.45) is 5.84 Å². The molecular weight excluding hydrogens is 264 g/mol. The van der Waals surface area contributed by atoms with E-state index >= 15 is 0 Å². The number of hydrogen-bond donors (Lipinski definition) is 2. The van der Waals surface area contributed by atoms with Crippen LogP contribution in [-0.2, 0) is 6.42 Å². The quantitative estimate of drug-likeness (QED) is 0.578. The van der Waals surface area contributed by atoms with Crippen LogP contribution in [0.25, 0.3) is 0 Å². The van der Waals surface area contributed by atoms with Gasteiger partial charge in [-0.15, -0.1) is 0 Å². The van der Waals surface area contributed by atoms with Crippen LogP contribution in [0, 0.1) is 0 Å². The molecule has 112 valence electrons. The van der Waals surface area contributed by atoms with Crippen LogP contribution in [0.15, 0.2) is 54.6 Å². The minimum Gasteiger partial charge on any atom is -0.497 e. The normalized spacial score (nSPS) is 11.9. The first kappa shape index (κ1) is 15.4. The Kier molecular flexibility index (Phi) is 6.06. The van der Waals surface area contributed by atoms with Crippen molar-refractivity contribution in [1.82, 2.24) is 5.43 Å². The molecule has 4 heteroatoms. The lowest BCUT2D eigenvalue weighted by Gasteiger charge is -2.16. The van der Waals surface area contributed by atoms with Gasteiger partial charge in [-0.3, -0.25) is 11.3 Å². The molecule has 0 heterocycles. The molecule has 0 aliphatic heterocycles. The van der Waals surface area contributed by atoms with Crippen LogP contribution in [0.1, 0.15) is 12.0 Å².